The third-order valence-electron chi connectivity index (χ3n) is 2.94. The molecule has 1 rings (SSSR count). The van der Waals surface area contributed by atoms with E-state index in [-0.39, 0.29) is 12.5 Å². The standard InChI is InChI=1S/C17H22ClNO2/c1-3-4-5-14(2)10-11-19-17(20)13-21-16-8-6-15(12-18)7-9-16/h3,6-11,14H,1,4-5,12-13H2,2H3,(H,19,20)/b11-10+. The number of carbonyl (C=O) groups excluding carboxylic acids is 1. The van der Waals surface area contributed by atoms with Crippen LogP contribution in [-0.4, -0.2) is 12.5 Å². The monoisotopic (exact) mass is 307 g/mol. The highest BCUT2D eigenvalue weighted by Gasteiger charge is 2.01. The van der Waals surface area contributed by atoms with Gasteiger partial charge >= 0.3 is 0 Å². The third-order valence-corrected chi connectivity index (χ3v) is 3.25. The molecular formula is C17H22ClNO2. The Labute approximate surface area is 131 Å². The lowest BCUT2D eigenvalue weighted by atomic mass is 10.1. The first-order valence-corrected chi connectivity index (χ1v) is 7.53. The Morgan fingerprint density at radius 1 is 1.43 bits per heavy atom. The van der Waals surface area contributed by atoms with Gasteiger partial charge < -0.3 is 10.1 Å². The van der Waals surface area contributed by atoms with Crippen LogP contribution in [0.2, 0.25) is 0 Å². The number of alkyl halides is 1. The molecule has 0 fully saturated rings. The molecule has 0 aliphatic heterocycles. The SMILES string of the molecule is C=CCCC(C)/C=C/NC(=O)COc1ccc(CCl)cc1. The quantitative estimate of drug-likeness (QED) is 0.552. The van der Waals surface area contributed by atoms with Crippen LogP contribution < -0.4 is 10.1 Å². The van der Waals surface area contributed by atoms with Crippen LogP contribution in [0.5, 0.6) is 5.75 Å². The molecule has 1 amide bonds. The van der Waals surface area contributed by atoms with E-state index in [4.69, 9.17) is 16.3 Å². The highest BCUT2D eigenvalue weighted by atomic mass is 35.5. The van der Waals surface area contributed by atoms with Crippen molar-refractivity contribution in [2.45, 2.75) is 25.6 Å². The zero-order valence-electron chi connectivity index (χ0n) is 12.3. The predicted molar refractivity (Wildman–Crippen MR) is 87.4 cm³/mol. The fourth-order valence-electron chi connectivity index (χ4n) is 1.65. The van der Waals surface area contributed by atoms with E-state index in [9.17, 15) is 4.79 Å². The van der Waals surface area contributed by atoms with E-state index in [0.717, 1.165) is 18.4 Å². The molecule has 0 radical (unpaired) electrons. The molecule has 3 nitrogen and oxygen atoms in total. The molecule has 0 saturated heterocycles. The van der Waals surface area contributed by atoms with Gasteiger partial charge in [-0.05, 0) is 36.5 Å². The van der Waals surface area contributed by atoms with E-state index in [2.05, 4.69) is 18.8 Å². The number of halogens is 1. The maximum atomic E-state index is 11.6. The lowest BCUT2D eigenvalue weighted by Crippen LogP contribution is -2.24. The molecule has 0 aliphatic rings. The molecular weight excluding hydrogens is 286 g/mol. The van der Waals surface area contributed by atoms with Crippen molar-refractivity contribution in [3.63, 3.8) is 0 Å². The van der Waals surface area contributed by atoms with Gasteiger partial charge in [-0.1, -0.05) is 31.2 Å². The van der Waals surface area contributed by atoms with Gasteiger partial charge in [-0.3, -0.25) is 4.79 Å². The van der Waals surface area contributed by atoms with Crippen molar-refractivity contribution in [1.29, 1.82) is 0 Å². The lowest BCUT2D eigenvalue weighted by Gasteiger charge is -2.06. The maximum Gasteiger partial charge on any atom is 0.261 e. The van der Waals surface area contributed by atoms with E-state index in [1.165, 1.54) is 0 Å². The van der Waals surface area contributed by atoms with Gasteiger partial charge in [-0.2, -0.15) is 0 Å². The second-order valence-electron chi connectivity index (χ2n) is 4.84. The summed E-state index contributed by atoms with van der Waals surface area (Å²) in [5, 5.41) is 2.69. The Hall–Kier alpha value is -1.74. The summed E-state index contributed by atoms with van der Waals surface area (Å²) in [7, 11) is 0. The molecule has 0 spiro atoms. The van der Waals surface area contributed by atoms with Gasteiger partial charge in [0.25, 0.3) is 5.91 Å². The predicted octanol–water partition coefficient (Wildman–Crippen LogP) is 4.04. The van der Waals surface area contributed by atoms with Gasteiger partial charge in [0.2, 0.25) is 0 Å². The third kappa shape index (κ3) is 7.57. The summed E-state index contributed by atoms with van der Waals surface area (Å²) in [6.45, 7) is 5.78. The second-order valence-corrected chi connectivity index (χ2v) is 5.10. The highest BCUT2D eigenvalue weighted by Crippen LogP contribution is 2.13. The summed E-state index contributed by atoms with van der Waals surface area (Å²) in [4.78, 5) is 11.6. The van der Waals surface area contributed by atoms with Gasteiger partial charge in [-0.25, -0.2) is 0 Å². The average molecular weight is 308 g/mol. The molecule has 21 heavy (non-hydrogen) atoms. The lowest BCUT2D eigenvalue weighted by molar-refractivity contribution is -0.122. The summed E-state index contributed by atoms with van der Waals surface area (Å²) in [5.74, 6) is 1.36. The van der Waals surface area contributed by atoms with Gasteiger partial charge in [0, 0.05) is 12.1 Å². The van der Waals surface area contributed by atoms with Crippen LogP contribution in [0.1, 0.15) is 25.3 Å². The number of nitrogens with one attached hydrogen (secondary N) is 1. The number of amides is 1. The van der Waals surface area contributed by atoms with E-state index in [1.807, 2.05) is 24.3 Å². The van der Waals surface area contributed by atoms with Gasteiger partial charge in [0.05, 0.1) is 0 Å². The van der Waals surface area contributed by atoms with Crippen molar-refractivity contribution in [2.24, 2.45) is 5.92 Å². The number of rotatable bonds is 9. The minimum atomic E-state index is -0.177. The molecule has 0 heterocycles. The van der Waals surface area contributed by atoms with Crippen molar-refractivity contribution >= 4 is 17.5 Å². The Morgan fingerprint density at radius 3 is 2.76 bits per heavy atom. The average Bonchev–Trinajstić information content (AvgIpc) is 2.51. The van der Waals surface area contributed by atoms with Gasteiger partial charge in [0.15, 0.2) is 6.61 Å². The Kier molecular flexibility index (Phi) is 8.29. The fraction of sp³-hybridized carbons (Fsp3) is 0.353. The van der Waals surface area contributed by atoms with Crippen LogP contribution in [0.15, 0.2) is 49.2 Å². The summed E-state index contributed by atoms with van der Waals surface area (Å²) < 4.78 is 5.39. The highest BCUT2D eigenvalue weighted by molar-refractivity contribution is 6.17. The summed E-state index contributed by atoms with van der Waals surface area (Å²) in [6.07, 6.45) is 7.54. The number of hydrogen-bond acceptors (Lipinski definition) is 2. The maximum absolute atomic E-state index is 11.6. The summed E-state index contributed by atoms with van der Waals surface area (Å²) in [5.41, 5.74) is 1.02. The van der Waals surface area contributed by atoms with E-state index < -0.39 is 0 Å². The molecule has 114 valence electrons. The van der Waals surface area contributed by atoms with Crippen LogP contribution in [-0.2, 0) is 10.7 Å². The minimum Gasteiger partial charge on any atom is -0.484 e. The molecule has 0 bridgehead atoms. The number of ether oxygens (including phenoxy) is 1. The normalized spacial score (nSPS) is 12.1. The molecule has 0 aromatic heterocycles. The second kappa shape index (κ2) is 10.1. The molecule has 1 aromatic carbocycles. The first-order valence-electron chi connectivity index (χ1n) is 7.00. The van der Waals surface area contributed by atoms with Crippen molar-refractivity contribution in [2.75, 3.05) is 6.61 Å². The largest absolute Gasteiger partial charge is 0.484 e. The van der Waals surface area contributed by atoms with E-state index in [0.29, 0.717) is 17.5 Å². The smallest absolute Gasteiger partial charge is 0.261 e. The molecule has 1 atom stereocenters. The zero-order valence-corrected chi connectivity index (χ0v) is 13.1. The van der Waals surface area contributed by atoms with Crippen molar-refractivity contribution in [3.05, 3.63) is 54.8 Å². The van der Waals surface area contributed by atoms with Crippen molar-refractivity contribution in [1.82, 2.24) is 5.32 Å². The Bertz CT molecular complexity index is 468. The van der Waals surface area contributed by atoms with Crippen LogP contribution in [0, 0.1) is 5.92 Å². The summed E-state index contributed by atoms with van der Waals surface area (Å²) >= 11 is 5.70. The topological polar surface area (TPSA) is 38.3 Å². The van der Waals surface area contributed by atoms with Gasteiger partial charge in [0.1, 0.15) is 5.75 Å². The first kappa shape index (κ1) is 17.3. The molecule has 1 aromatic rings. The molecule has 0 saturated carbocycles. The molecule has 1 N–H and O–H groups in total. The number of hydrogen-bond donors (Lipinski definition) is 1. The van der Waals surface area contributed by atoms with Crippen LogP contribution in [0.3, 0.4) is 0 Å². The van der Waals surface area contributed by atoms with Crippen LogP contribution >= 0.6 is 11.6 Å². The molecule has 0 aliphatic carbocycles. The molecule has 1 unspecified atom stereocenters. The number of benzene rings is 1. The number of carbonyl (C=O) groups is 1. The van der Waals surface area contributed by atoms with E-state index in [1.54, 1.807) is 18.3 Å². The van der Waals surface area contributed by atoms with Gasteiger partial charge in [-0.15, -0.1) is 18.2 Å². The van der Waals surface area contributed by atoms with Crippen molar-refractivity contribution < 1.29 is 9.53 Å². The summed E-state index contributed by atoms with van der Waals surface area (Å²) in [6, 6.07) is 7.36. The molecule has 4 heteroatoms. The first-order chi connectivity index (χ1) is 10.2. The van der Waals surface area contributed by atoms with Crippen molar-refractivity contribution in [3.8, 4) is 5.75 Å². The zero-order chi connectivity index (χ0) is 15.5. The van der Waals surface area contributed by atoms with Crippen LogP contribution in [0.25, 0.3) is 0 Å². The van der Waals surface area contributed by atoms with Crippen LogP contribution in [0.4, 0.5) is 0 Å². The fourth-order valence-corrected chi connectivity index (χ4v) is 1.83. The Morgan fingerprint density at radius 2 is 2.14 bits per heavy atom. The number of allylic oxidation sites excluding steroid dienone is 2. The van der Waals surface area contributed by atoms with E-state index >= 15 is 0 Å². The Balaban J connectivity index is 2.26. The minimum absolute atomic E-state index is 0.00833.